The normalized spacial score (nSPS) is 11.1. The fourth-order valence-corrected chi connectivity index (χ4v) is 2.96. The molecule has 4 nitrogen and oxygen atoms in total. The highest BCUT2D eigenvalue weighted by atomic mass is 35.5. The zero-order chi connectivity index (χ0) is 19.4. The quantitative estimate of drug-likeness (QED) is 0.631. The molecule has 1 aromatic heterocycles. The number of carbonyl (C=O) groups is 1. The van der Waals surface area contributed by atoms with Gasteiger partial charge in [0.15, 0.2) is 0 Å². The maximum Gasteiger partial charge on any atom is 0.248 e. The summed E-state index contributed by atoms with van der Waals surface area (Å²) in [4.78, 5) is 12.3. The Morgan fingerprint density at radius 2 is 1.89 bits per heavy atom. The minimum absolute atomic E-state index is 0.279. The zero-order valence-electron chi connectivity index (χ0n) is 15.0. The molecule has 0 saturated carbocycles. The number of rotatable bonds is 5. The third kappa shape index (κ3) is 4.44. The second-order valence-corrected chi connectivity index (χ2v) is 6.55. The average molecular weight is 384 g/mol. The Morgan fingerprint density at radius 1 is 1.19 bits per heavy atom. The van der Waals surface area contributed by atoms with Gasteiger partial charge in [-0.2, -0.15) is 5.10 Å². The first-order valence-corrected chi connectivity index (χ1v) is 8.84. The molecular weight excluding hydrogens is 365 g/mol. The lowest BCUT2D eigenvalue weighted by Crippen LogP contribution is -2.10. The molecule has 0 spiro atoms. The summed E-state index contributed by atoms with van der Waals surface area (Å²) in [6.45, 7) is 3.94. The van der Waals surface area contributed by atoms with Gasteiger partial charge in [-0.25, -0.2) is 4.39 Å². The predicted octanol–water partition coefficient (Wildman–Crippen LogP) is 4.99. The van der Waals surface area contributed by atoms with E-state index in [2.05, 4.69) is 10.4 Å². The van der Waals surface area contributed by atoms with E-state index >= 15 is 0 Å². The van der Waals surface area contributed by atoms with Gasteiger partial charge in [-0.15, -0.1) is 0 Å². The molecule has 0 saturated heterocycles. The van der Waals surface area contributed by atoms with E-state index in [1.807, 2.05) is 25.1 Å². The van der Waals surface area contributed by atoms with E-state index in [4.69, 9.17) is 11.6 Å². The molecule has 6 heteroatoms. The molecule has 0 aliphatic heterocycles. The number of nitrogens with one attached hydrogen (secondary N) is 1. The fraction of sp³-hybridized carbons (Fsp3) is 0.143. The first kappa shape index (κ1) is 18.9. The number of hydrogen-bond acceptors (Lipinski definition) is 2. The summed E-state index contributed by atoms with van der Waals surface area (Å²) in [5.74, 6) is -0.565. The Kier molecular flexibility index (Phi) is 5.72. The van der Waals surface area contributed by atoms with Crippen molar-refractivity contribution < 1.29 is 9.18 Å². The molecule has 3 aromatic rings. The molecule has 0 fully saturated rings. The number of hydrogen-bond donors (Lipinski definition) is 1. The molecule has 0 aliphatic rings. The second-order valence-electron chi connectivity index (χ2n) is 6.14. The van der Waals surface area contributed by atoms with Gasteiger partial charge in [0.1, 0.15) is 5.82 Å². The Labute approximate surface area is 162 Å². The van der Waals surface area contributed by atoms with Gasteiger partial charge in [-0.1, -0.05) is 48.0 Å². The van der Waals surface area contributed by atoms with E-state index < -0.39 is 0 Å². The van der Waals surface area contributed by atoms with Gasteiger partial charge < -0.3 is 5.32 Å². The summed E-state index contributed by atoms with van der Waals surface area (Å²) >= 11 is 6.08. The van der Waals surface area contributed by atoms with E-state index in [1.165, 1.54) is 12.1 Å². The molecule has 0 unspecified atom stereocenters. The molecule has 0 bridgehead atoms. The van der Waals surface area contributed by atoms with Crippen molar-refractivity contribution in [3.63, 3.8) is 0 Å². The van der Waals surface area contributed by atoms with E-state index in [0.29, 0.717) is 28.5 Å². The van der Waals surface area contributed by atoms with Crippen molar-refractivity contribution in [2.75, 3.05) is 5.32 Å². The number of amides is 1. The maximum atomic E-state index is 13.9. The number of halogens is 2. The summed E-state index contributed by atoms with van der Waals surface area (Å²) in [6.07, 6.45) is 3.08. The second kappa shape index (κ2) is 8.18. The van der Waals surface area contributed by atoms with Crippen molar-refractivity contribution in [1.82, 2.24) is 9.78 Å². The van der Waals surface area contributed by atoms with Crippen LogP contribution in [0.25, 0.3) is 6.08 Å². The van der Waals surface area contributed by atoms with Crippen LogP contribution in [0.4, 0.5) is 10.1 Å². The van der Waals surface area contributed by atoms with Gasteiger partial charge in [0.2, 0.25) is 5.91 Å². The molecule has 0 radical (unpaired) electrons. The minimum atomic E-state index is -0.286. The Balaban J connectivity index is 1.76. The summed E-state index contributed by atoms with van der Waals surface area (Å²) < 4.78 is 15.6. The highest BCUT2D eigenvalue weighted by molar-refractivity contribution is 6.32. The number of benzene rings is 2. The number of nitrogens with zero attached hydrogens (tertiary/aromatic N) is 2. The third-order valence-electron chi connectivity index (χ3n) is 4.23. The standard InChI is InChI=1S/C21H19ClFN3O/c1-14-21(24-20(27)12-11-16-7-3-5-9-18(16)22)15(2)26(25-14)13-17-8-4-6-10-19(17)23/h3-12H,13H2,1-2H3,(H,24,27)/b12-11+. The van der Waals surface area contributed by atoms with Gasteiger partial charge in [-0.3, -0.25) is 9.48 Å². The molecule has 3 rings (SSSR count). The van der Waals surface area contributed by atoms with Gasteiger partial charge in [0, 0.05) is 16.7 Å². The van der Waals surface area contributed by atoms with Crippen molar-refractivity contribution in [3.05, 3.63) is 88.0 Å². The van der Waals surface area contributed by atoms with Gasteiger partial charge >= 0.3 is 0 Å². The summed E-state index contributed by atoms with van der Waals surface area (Å²) in [7, 11) is 0. The van der Waals surface area contributed by atoms with Crippen molar-refractivity contribution in [1.29, 1.82) is 0 Å². The topological polar surface area (TPSA) is 46.9 Å². The molecule has 1 N–H and O–H groups in total. The van der Waals surface area contributed by atoms with Crippen LogP contribution in [-0.2, 0) is 11.3 Å². The van der Waals surface area contributed by atoms with Crippen LogP contribution >= 0.6 is 11.6 Å². The molecular formula is C21H19ClFN3O. The summed E-state index contributed by atoms with van der Waals surface area (Å²) in [5.41, 5.74) is 3.36. The average Bonchev–Trinajstić information content (AvgIpc) is 2.90. The molecule has 1 heterocycles. The van der Waals surface area contributed by atoms with Crippen LogP contribution in [0.15, 0.2) is 54.6 Å². The van der Waals surface area contributed by atoms with Crippen molar-refractivity contribution >= 4 is 29.3 Å². The van der Waals surface area contributed by atoms with Crippen LogP contribution in [0.1, 0.15) is 22.5 Å². The number of aromatic nitrogens is 2. The van der Waals surface area contributed by atoms with E-state index in [1.54, 1.807) is 41.9 Å². The van der Waals surface area contributed by atoms with Crippen LogP contribution in [0.2, 0.25) is 5.02 Å². The van der Waals surface area contributed by atoms with Crippen molar-refractivity contribution in [2.24, 2.45) is 0 Å². The lowest BCUT2D eigenvalue weighted by molar-refractivity contribution is -0.111. The van der Waals surface area contributed by atoms with Crippen molar-refractivity contribution in [2.45, 2.75) is 20.4 Å². The first-order chi connectivity index (χ1) is 13.0. The molecule has 1 amide bonds. The highest BCUT2D eigenvalue weighted by Gasteiger charge is 2.14. The van der Waals surface area contributed by atoms with Crippen LogP contribution in [0, 0.1) is 19.7 Å². The maximum absolute atomic E-state index is 13.9. The lowest BCUT2D eigenvalue weighted by atomic mass is 10.2. The number of carbonyl (C=O) groups excluding carboxylic acids is 1. The summed E-state index contributed by atoms with van der Waals surface area (Å²) in [5, 5.41) is 7.84. The summed E-state index contributed by atoms with van der Waals surface area (Å²) in [6, 6.07) is 13.8. The van der Waals surface area contributed by atoms with Gasteiger partial charge in [0.05, 0.1) is 23.6 Å². The molecule has 2 aromatic carbocycles. The Morgan fingerprint density at radius 3 is 2.63 bits per heavy atom. The molecule has 138 valence electrons. The Hall–Kier alpha value is -2.92. The smallest absolute Gasteiger partial charge is 0.248 e. The Bertz CT molecular complexity index is 1010. The van der Waals surface area contributed by atoms with E-state index in [-0.39, 0.29) is 11.7 Å². The van der Waals surface area contributed by atoms with Crippen LogP contribution in [0.5, 0.6) is 0 Å². The van der Waals surface area contributed by atoms with Crippen molar-refractivity contribution in [3.8, 4) is 0 Å². The largest absolute Gasteiger partial charge is 0.319 e. The third-order valence-corrected chi connectivity index (χ3v) is 4.57. The van der Waals surface area contributed by atoms with E-state index in [9.17, 15) is 9.18 Å². The molecule has 27 heavy (non-hydrogen) atoms. The zero-order valence-corrected chi connectivity index (χ0v) is 15.8. The minimum Gasteiger partial charge on any atom is -0.319 e. The fourth-order valence-electron chi connectivity index (χ4n) is 2.76. The SMILES string of the molecule is Cc1nn(Cc2ccccc2F)c(C)c1NC(=O)/C=C/c1ccccc1Cl. The van der Waals surface area contributed by atoms with Crippen LogP contribution in [0.3, 0.4) is 0 Å². The monoisotopic (exact) mass is 383 g/mol. The molecule has 0 aliphatic carbocycles. The highest BCUT2D eigenvalue weighted by Crippen LogP contribution is 2.21. The number of aryl methyl sites for hydroxylation is 1. The van der Waals surface area contributed by atoms with Crippen LogP contribution < -0.4 is 5.32 Å². The van der Waals surface area contributed by atoms with E-state index in [0.717, 1.165) is 11.3 Å². The van der Waals surface area contributed by atoms with Gasteiger partial charge in [0.25, 0.3) is 0 Å². The number of anilines is 1. The van der Waals surface area contributed by atoms with Gasteiger partial charge in [-0.05, 0) is 37.6 Å². The molecule has 0 atom stereocenters. The predicted molar refractivity (Wildman–Crippen MR) is 106 cm³/mol. The van der Waals surface area contributed by atoms with Crippen LogP contribution in [-0.4, -0.2) is 15.7 Å². The lowest BCUT2D eigenvalue weighted by Gasteiger charge is -2.07. The first-order valence-electron chi connectivity index (χ1n) is 8.46.